The molecule has 0 bridgehead atoms. The molecule has 0 spiro atoms. The molecule has 0 atom stereocenters. The lowest BCUT2D eigenvalue weighted by Gasteiger charge is -2.09. The fourth-order valence-electron chi connectivity index (χ4n) is 2.88. The van der Waals surface area contributed by atoms with Gasteiger partial charge in [0, 0.05) is 0 Å². The van der Waals surface area contributed by atoms with Gasteiger partial charge in [0.25, 0.3) is 5.91 Å². The number of hydrogen-bond donors (Lipinski definition) is 2. The summed E-state index contributed by atoms with van der Waals surface area (Å²) in [7, 11) is -3.96. The molecule has 4 rings (SSSR count). The molecule has 1 amide bonds. The Balaban J connectivity index is 1.32. The number of imidazole rings is 1. The first-order chi connectivity index (χ1) is 16.3. The highest BCUT2D eigenvalue weighted by atomic mass is 79.9. The molecule has 3 aromatic carbocycles. The average molecular weight is 559 g/mol. The number of amides is 1. The van der Waals surface area contributed by atoms with E-state index in [9.17, 15) is 13.2 Å². The van der Waals surface area contributed by atoms with E-state index in [0.29, 0.717) is 15.2 Å². The molecule has 4 aromatic rings. The predicted molar refractivity (Wildman–Crippen MR) is 136 cm³/mol. The van der Waals surface area contributed by atoms with Crippen LogP contribution >= 0.6 is 27.7 Å². The smallest absolute Gasteiger partial charge is 0.339 e. The molecule has 174 valence electrons. The fraction of sp³-hybridized carbons (Fsp3) is 0.0870. The molecule has 0 aliphatic carbocycles. The lowest BCUT2D eigenvalue weighted by atomic mass is 10.2. The zero-order valence-electron chi connectivity index (χ0n) is 17.9. The Morgan fingerprint density at radius 1 is 1.18 bits per heavy atom. The van der Waals surface area contributed by atoms with Gasteiger partial charge in [-0.2, -0.15) is 13.5 Å². The van der Waals surface area contributed by atoms with Crippen LogP contribution in [0.25, 0.3) is 11.0 Å². The standard InChI is InChI=1S/C23H19BrN4O4S2/c1-15-6-9-17(10-7-15)34(30,31)32-21-11-8-16(12-18(21)24)13-25-28-22(29)14-33-23-26-19-4-2-3-5-20(19)27-23/h2-13H,14H2,1H3,(H,26,27)(H,28,29)/b25-13-. The third kappa shape index (κ3) is 6.04. The van der Waals surface area contributed by atoms with Crippen molar-refractivity contribution in [1.82, 2.24) is 15.4 Å². The summed E-state index contributed by atoms with van der Waals surface area (Å²) in [6.45, 7) is 1.87. The van der Waals surface area contributed by atoms with Crippen LogP contribution in [0, 0.1) is 6.92 Å². The Bertz CT molecular complexity index is 1440. The van der Waals surface area contributed by atoms with Crippen molar-refractivity contribution in [1.29, 1.82) is 0 Å². The lowest BCUT2D eigenvalue weighted by Crippen LogP contribution is -2.19. The number of carbonyl (C=O) groups is 1. The highest BCUT2D eigenvalue weighted by molar-refractivity contribution is 9.10. The van der Waals surface area contributed by atoms with Crippen molar-refractivity contribution >= 4 is 61.0 Å². The van der Waals surface area contributed by atoms with Crippen LogP contribution < -0.4 is 9.61 Å². The minimum atomic E-state index is -3.96. The highest BCUT2D eigenvalue weighted by Gasteiger charge is 2.18. The van der Waals surface area contributed by atoms with Crippen molar-refractivity contribution in [3.63, 3.8) is 0 Å². The maximum Gasteiger partial charge on any atom is 0.339 e. The van der Waals surface area contributed by atoms with E-state index < -0.39 is 10.1 Å². The molecule has 0 aliphatic heterocycles. The molecule has 0 aliphatic rings. The number of halogens is 1. The summed E-state index contributed by atoms with van der Waals surface area (Å²) in [4.78, 5) is 19.7. The number of thioether (sulfide) groups is 1. The van der Waals surface area contributed by atoms with E-state index in [0.717, 1.165) is 16.6 Å². The summed E-state index contributed by atoms with van der Waals surface area (Å²) in [6.07, 6.45) is 1.45. The average Bonchev–Trinajstić information content (AvgIpc) is 3.23. The predicted octanol–water partition coefficient (Wildman–Crippen LogP) is 4.64. The Labute approximate surface area is 209 Å². The quantitative estimate of drug-likeness (QED) is 0.141. The third-order valence-corrected chi connectivity index (χ3v) is 7.32. The van der Waals surface area contributed by atoms with Crippen LogP contribution in [0.2, 0.25) is 0 Å². The number of para-hydroxylation sites is 2. The summed E-state index contributed by atoms with van der Waals surface area (Å²) >= 11 is 4.59. The van der Waals surface area contributed by atoms with Crippen molar-refractivity contribution in [3.8, 4) is 5.75 Å². The van der Waals surface area contributed by atoms with Crippen LogP contribution in [0.15, 0.2) is 86.4 Å². The van der Waals surface area contributed by atoms with Gasteiger partial charge in [-0.1, -0.05) is 41.6 Å². The molecular weight excluding hydrogens is 540 g/mol. The minimum absolute atomic E-state index is 0.0684. The van der Waals surface area contributed by atoms with E-state index in [1.165, 1.54) is 36.2 Å². The molecule has 0 fully saturated rings. The highest BCUT2D eigenvalue weighted by Crippen LogP contribution is 2.28. The SMILES string of the molecule is Cc1ccc(S(=O)(=O)Oc2ccc(/C=N\NC(=O)CSc3nc4ccccc4[nH]3)cc2Br)cc1. The van der Waals surface area contributed by atoms with Crippen LogP contribution in [0.1, 0.15) is 11.1 Å². The third-order valence-electron chi connectivity index (χ3n) is 4.58. The van der Waals surface area contributed by atoms with Crippen molar-refractivity contribution < 1.29 is 17.4 Å². The Hall–Kier alpha value is -3.15. The molecule has 0 unspecified atom stereocenters. The number of aryl methyl sites for hydroxylation is 1. The molecule has 0 radical (unpaired) electrons. The first kappa shape index (κ1) is 24.0. The summed E-state index contributed by atoms with van der Waals surface area (Å²) in [5, 5.41) is 4.60. The van der Waals surface area contributed by atoms with Gasteiger partial charge < -0.3 is 9.17 Å². The number of aromatic amines is 1. The van der Waals surface area contributed by atoms with Gasteiger partial charge in [-0.15, -0.1) is 0 Å². The summed E-state index contributed by atoms with van der Waals surface area (Å²) in [6, 6.07) is 18.8. The summed E-state index contributed by atoms with van der Waals surface area (Å²) in [5.74, 6) is -0.00117. The van der Waals surface area contributed by atoms with E-state index in [-0.39, 0.29) is 22.3 Å². The van der Waals surface area contributed by atoms with E-state index in [2.05, 4.69) is 36.4 Å². The van der Waals surface area contributed by atoms with Gasteiger partial charge in [-0.25, -0.2) is 10.4 Å². The lowest BCUT2D eigenvalue weighted by molar-refractivity contribution is -0.118. The number of carbonyl (C=O) groups excluding carboxylic acids is 1. The Kier molecular flexibility index (Phi) is 7.35. The van der Waals surface area contributed by atoms with E-state index in [1.54, 1.807) is 24.3 Å². The number of aromatic nitrogens is 2. The van der Waals surface area contributed by atoms with Gasteiger partial charge in [0.05, 0.1) is 27.5 Å². The summed E-state index contributed by atoms with van der Waals surface area (Å²) in [5.41, 5.74) is 5.79. The maximum absolute atomic E-state index is 12.5. The number of fused-ring (bicyclic) bond motifs is 1. The molecular formula is C23H19BrN4O4S2. The zero-order chi connectivity index (χ0) is 24.1. The second-order valence-electron chi connectivity index (χ2n) is 7.18. The topological polar surface area (TPSA) is 114 Å². The van der Waals surface area contributed by atoms with E-state index in [1.807, 2.05) is 31.2 Å². The maximum atomic E-state index is 12.5. The molecule has 2 N–H and O–H groups in total. The van der Waals surface area contributed by atoms with Gasteiger partial charge in [-0.05, 0) is 70.9 Å². The van der Waals surface area contributed by atoms with Gasteiger partial charge in [0.15, 0.2) is 10.9 Å². The number of hydrogen-bond acceptors (Lipinski definition) is 7. The normalized spacial score (nSPS) is 11.7. The Morgan fingerprint density at radius 3 is 2.68 bits per heavy atom. The minimum Gasteiger partial charge on any atom is -0.378 e. The molecule has 11 heteroatoms. The van der Waals surface area contributed by atoms with Crippen LogP contribution in [-0.4, -0.2) is 36.3 Å². The van der Waals surface area contributed by atoms with E-state index in [4.69, 9.17) is 4.18 Å². The molecule has 34 heavy (non-hydrogen) atoms. The zero-order valence-corrected chi connectivity index (χ0v) is 21.1. The first-order valence-corrected chi connectivity index (χ1v) is 13.2. The van der Waals surface area contributed by atoms with Gasteiger partial charge in [0.1, 0.15) is 4.90 Å². The van der Waals surface area contributed by atoms with Crippen LogP contribution in [-0.2, 0) is 14.9 Å². The van der Waals surface area contributed by atoms with Gasteiger partial charge in [-0.3, -0.25) is 4.79 Å². The number of nitrogens with zero attached hydrogens (tertiary/aromatic N) is 2. The van der Waals surface area contributed by atoms with Gasteiger partial charge in [0.2, 0.25) is 0 Å². The van der Waals surface area contributed by atoms with Gasteiger partial charge >= 0.3 is 10.1 Å². The van der Waals surface area contributed by atoms with Crippen molar-refractivity contribution in [3.05, 3.63) is 82.3 Å². The largest absolute Gasteiger partial charge is 0.378 e. The Morgan fingerprint density at radius 2 is 1.94 bits per heavy atom. The van der Waals surface area contributed by atoms with Crippen molar-refractivity contribution in [2.24, 2.45) is 5.10 Å². The molecule has 1 heterocycles. The molecule has 0 saturated carbocycles. The van der Waals surface area contributed by atoms with Crippen LogP contribution in [0.5, 0.6) is 5.75 Å². The van der Waals surface area contributed by atoms with Crippen LogP contribution in [0.3, 0.4) is 0 Å². The number of rotatable bonds is 8. The second-order valence-corrected chi connectivity index (χ2v) is 10.5. The number of nitrogens with one attached hydrogen (secondary N) is 2. The van der Waals surface area contributed by atoms with Crippen LogP contribution in [0.4, 0.5) is 0 Å². The van der Waals surface area contributed by atoms with Crippen molar-refractivity contribution in [2.75, 3.05) is 5.75 Å². The number of H-pyrrole nitrogens is 1. The molecule has 8 nitrogen and oxygen atoms in total. The number of hydrazone groups is 1. The second kappa shape index (κ2) is 10.4. The van der Waals surface area contributed by atoms with E-state index >= 15 is 0 Å². The first-order valence-electron chi connectivity index (χ1n) is 10.0. The summed E-state index contributed by atoms with van der Waals surface area (Å²) < 4.78 is 30.7. The molecule has 1 aromatic heterocycles. The number of benzene rings is 3. The molecule has 0 saturated heterocycles. The fourth-order valence-corrected chi connectivity index (χ4v) is 5.09. The monoisotopic (exact) mass is 558 g/mol. The van der Waals surface area contributed by atoms with Crippen molar-refractivity contribution in [2.45, 2.75) is 17.0 Å².